The Balaban J connectivity index is 1.76. The zero-order valence-electron chi connectivity index (χ0n) is 15.0. The van der Waals surface area contributed by atoms with E-state index in [0.717, 1.165) is 18.4 Å². The Kier molecular flexibility index (Phi) is 7.20. The summed E-state index contributed by atoms with van der Waals surface area (Å²) in [4.78, 5) is 25.8. The third kappa shape index (κ3) is 6.07. The van der Waals surface area contributed by atoms with E-state index in [0.29, 0.717) is 25.2 Å². The molecule has 0 aliphatic carbocycles. The first-order valence-electron chi connectivity index (χ1n) is 8.71. The summed E-state index contributed by atoms with van der Waals surface area (Å²) in [6.07, 6.45) is 1.86. The highest BCUT2D eigenvalue weighted by atomic mass is 16.2. The van der Waals surface area contributed by atoms with Crippen molar-refractivity contribution in [2.75, 3.05) is 19.6 Å². The summed E-state index contributed by atoms with van der Waals surface area (Å²) in [5.41, 5.74) is 2.91. The van der Waals surface area contributed by atoms with Gasteiger partial charge in [0.1, 0.15) is 0 Å². The quantitative estimate of drug-likeness (QED) is 0.803. The van der Waals surface area contributed by atoms with E-state index in [9.17, 15) is 9.59 Å². The Morgan fingerprint density at radius 2 is 1.64 bits per heavy atom. The lowest BCUT2D eigenvalue weighted by molar-refractivity contribution is -0.128. The summed E-state index contributed by atoms with van der Waals surface area (Å²) in [5.74, 6) is -0.0518. The molecule has 0 aliphatic rings. The fourth-order valence-corrected chi connectivity index (χ4v) is 2.77. The van der Waals surface area contributed by atoms with E-state index in [1.54, 1.807) is 11.8 Å². The van der Waals surface area contributed by atoms with Gasteiger partial charge in [0.15, 0.2) is 0 Å². The zero-order valence-corrected chi connectivity index (χ0v) is 15.0. The van der Waals surface area contributed by atoms with Crippen molar-refractivity contribution in [1.82, 2.24) is 10.2 Å². The van der Waals surface area contributed by atoms with Crippen LogP contribution in [0.5, 0.6) is 0 Å². The molecule has 0 radical (unpaired) electrons. The van der Waals surface area contributed by atoms with Crippen molar-refractivity contribution in [2.45, 2.75) is 26.7 Å². The summed E-state index contributed by atoms with van der Waals surface area (Å²) in [6, 6.07) is 17.7. The van der Waals surface area contributed by atoms with Crippen molar-refractivity contribution < 1.29 is 9.59 Å². The minimum absolute atomic E-state index is 0.0400. The van der Waals surface area contributed by atoms with Gasteiger partial charge in [-0.3, -0.25) is 9.59 Å². The lowest BCUT2D eigenvalue weighted by Gasteiger charge is -2.21. The molecule has 2 rings (SSSR count). The van der Waals surface area contributed by atoms with Gasteiger partial charge in [-0.2, -0.15) is 0 Å². The fourth-order valence-electron chi connectivity index (χ4n) is 2.77. The molecule has 0 unspecified atom stereocenters. The van der Waals surface area contributed by atoms with Crippen LogP contribution in [0.15, 0.2) is 54.6 Å². The van der Waals surface area contributed by atoms with Crippen molar-refractivity contribution in [3.63, 3.8) is 0 Å². The second-order valence-electron chi connectivity index (χ2n) is 6.17. The van der Waals surface area contributed by atoms with Gasteiger partial charge in [-0.1, -0.05) is 48.5 Å². The number of benzene rings is 2. The van der Waals surface area contributed by atoms with Crippen LogP contribution in [0, 0.1) is 6.92 Å². The smallest absolute Gasteiger partial charge is 0.251 e. The third-order valence-corrected chi connectivity index (χ3v) is 4.24. The normalized spacial score (nSPS) is 10.3. The van der Waals surface area contributed by atoms with Gasteiger partial charge in [0.25, 0.3) is 5.91 Å². The second kappa shape index (κ2) is 9.62. The van der Waals surface area contributed by atoms with Crippen molar-refractivity contribution >= 4 is 11.8 Å². The Hall–Kier alpha value is -2.62. The summed E-state index contributed by atoms with van der Waals surface area (Å²) in [7, 11) is 0. The lowest BCUT2D eigenvalue weighted by atomic mass is 10.1. The average Bonchev–Trinajstić information content (AvgIpc) is 2.61. The number of aryl methyl sites for hydroxylation is 2. The molecule has 2 aromatic carbocycles. The molecular weight excluding hydrogens is 312 g/mol. The zero-order chi connectivity index (χ0) is 18.1. The van der Waals surface area contributed by atoms with E-state index < -0.39 is 0 Å². The molecular formula is C21H26N2O2. The van der Waals surface area contributed by atoms with Gasteiger partial charge in [-0.15, -0.1) is 0 Å². The number of carbonyl (C=O) groups is 2. The standard InChI is InChI=1S/C21H26N2O2/c1-17-9-6-7-13-20(17)21(25)22-14-16-23(18(2)24)15-8-12-19-10-4-3-5-11-19/h3-7,9-11,13H,8,12,14-16H2,1-2H3,(H,22,25). The predicted molar refractivity (Wildman–Crippen MR) is 101 cm³/mol. The molecule has 2 aromatic rings. The molecule has 4 heteroatoms. The molecule has 0 fully saturated rings. The predicted octanol–water partition coefficient (Wildman–Crippen LogP) is 3.21. The molecule has 1 N–H and O–H groups in total. The Morgan fingerprint density at radius 1 is 0.960 bits per heavy atom. The molecule has 0 spiro atoms. The summed E-state index contributed by atoms with van der Waals surface area (Å²) in [5, 5.41) is 2.90. The van der Waals surface area contributed by atoms with Crippen LogP contribution in [-0.4, -0.2) is 36.3 Å². The topological polar surface area (TPSA) is 49.4 Å². The van der Waals surface area contributed by atoms with Crippen molar-refractivity contribution in [2.24, 2.45) is 0 Å². The first kappa shape index (κ1) is 18.7. The van der Waals surface area contributed by atoms with Gasteiger partial charge >= 0.3 is 0 Å². The molecule has 4 nitrogen and oxygen atoms in total. The molecule has 0 aromatic heterocycles. The maximum Gasteiger partial charge on any atom is 0.251 e. The van der Waals surface area contributed by atoms with Crippen molar-refractivity contribution in [3.05, 3.63) is 71.3 Å². The Labute approximate surface area is 149 Å². The van der Waals surface area contributed by atoms with Gasteiger partial charge in [-0.05, 0) is 37.0 Å². The molecule has 0 saturated heterocycles. The summed E-state index contributed by atoms with van der Waals surface area (Å²) in [6.45, 7) is 5.18. The van der Waals surface area contributed by atoms with E-state index in [-0.39, 0.29) is 11.8 Å². The SMILES string of the molecule is CC(=O)N(CCCc1ccccc1)CCNC(=O)c1ccccc1C. The minimum Gasteiger partial charge on any atom is -0.350 e. The molecule has 25 heavy (non-hydrogen) atoms. The van der Waals surface area contributed by atoms with Gasteiger partial charge in [0.05, 0.1) is 0 Å². The van der Waals surface area contributed by atoms with Crippen LogP contribution in [-0.2, 0) is 11.2 Å². The van der Waals surface area contributed by atoms with E-state index in [1.807, 2.05) is 49.4 Å². The van der Waals surface area contributed by atoms with Crippen LogP contribution in [0.3, 0.4) is 0 Å². The van der Waals surface area contributed by atoms with Crippen LogP contribution < -0.4 is 5.32 Å². The summed E-state index contributed by atoms with van der Waals surface area (Å²) >= 11 is 0. The van der Waals surface area contributed by atoms with Gasteiger partial charge < -0.3 is 10.2 Å². The minimum atomic E-state index is -0.0918. The van der Waals surface area contributed by atoms with E-state index in [4.69, 9.17) is 0 Å². The molecule has 0 atom stereocenters. The summed E-state index contributed by atoms with van der Waals surface area (Å²) < 4.78 is 0. The number of nitrogens with one attached hydrogen (secondary N) is 1. The number of rotatable bonds is 8. The molecule has 0 saturated carbocycles. The molecule has 2 amide bonds. The molecule has 0 heterocycles. The van der Waals surface area contributed by atoms with E-state index in [1.165, 1.54) is 5.56 Å². The monoisotopic (exact) mass is 338 g/mol. The Morgan fingerprint density at radius 3 is 2.32 bits per heavy atom. The second-order valence-corrected chi connectivity index (χ2v) is 6.17. The lowest BCUT2D eigenvalue weighted by Crippen LogP contribution is -2.38. The van der Waals surface area contributed by atoms with Gasteiger partial charge in [0.2, 0.25) is 5.91 Å². The number of hydrogen-bond acceptors (Lipinski definition) is 2. The van der Waals surface area contributed by atoms with E-state index in [2.05, 4.69) is 17.4 Å². The van der Waals surface area contributed by atoms with Crippen molar-refractivity contribution in [3.8, 4) is 0 Å². The number of amides is 2. The van der Waals surface area contributed by atoms with Crippen LogP contribution in [0.1, 0.15) is 34.8 Å². The van der Waals surface area contributed by atoms with E-state index >= 15 is 0 Å². The van der Waals surface area contributed by atoms with Crippen LogP contribution in [0.4, 0.5) is 0 Å². The third-order valence-electron chi connectivity index (χ3n) is 4.24. The van der Waals surface area contributed by atoms with Crippen LogP contribution in [0.2, 0.25) is 0 Å². The van der Waals surface area contributed by atoms with Crippen LogP contribution >= 0.6 is 0 Å². The number of hydrogen-bond donors (Lipinski definition) is 1. The highest BCUT2D eigenvalue weighted by Crippen LogP contribution is 2.07. The van der Waals surface area contributed by atoms with Gasteiger partial charge in [-0.25, -0.2) is 0 Å². The highest BCUT2D eigenvalue weighted by Gasteiger charge is 2.11. The molecule has 132 valence electrons. The highest BCUT2D eigenvalue weighted by molar-refractivity contribution is 5.95. The van der Waals surface area contributed by atoms with Gasteiger partial charge in [0, 0.05) is 32.1 Å². The number of carbonyl (C=O) groups excluding carboxylic acids is 2. The average molecular weight is 338 g/mol. The fraction of sp³-hybridized carbons (Fsp3) is 0.333. The van der Waals surface area contributed by atoms with Crippen molar-refractivity contribution in [1.29, 1.82) is 0 Å². The van der Waals surface area contributed by atoms with Crippen LogP contribution in [0.25, 0.3) is 0 Å². The first-order valence-corrected chi connectivity index (χ1v) is 8.71. The maximum absolute atomic E-state index is 12.2. The molecule has 0 aliphatic heterocycles. The maximum atomic E-state index is 12.2. The molecule has 0 bridgehead atoms. The Bertz CT molecular complexity index is 698. The largest absolute Gasteiger partial charge is 0.350 e. The number of nitrogens with zero attached hydrogens (tertiary/aromatic N) is 1. The first-order chi connectivity index (χ1) is 12.1.